The van der Waals surface area contributed by atoms with Gasteiger partial charge in [-0.25, -0.2) is 0 Å². The van der Waals surface area contributed by atoms with Crippen LogP contribution in [0.5, 0.6) is 11.5 Å². The van der Waals surface area contributed by atoms with Crippen molar-refractivity contribution in [2.45, 2.75) is 25.0 Å². The minimum absolute atomic E-state index is 0.0618. The molecule has 0 N–H and O–H groups in total. The fourth-order valence-corrected chi connectivity index (χ4v) is 3.58. The highest BCUT2D eigenvalue weighted by molar-refractivity contribution is 6.01. The summed E-state index contributed by atoms with van der Waals surface area (Å²) in [6, 6.07) is 5.72. The molecule has 2 aliphatic rings. The third-order valence-corrected chi connectivity index (χ3v) is 5.10. The van der Waals surface area contributed by atoms with E-state index in [0.29, 0.717) is 23.7 Å². The average Bonchev–Trinajstić information content (AvgIpc) is 2.97. The summed E-state index contributed by atoms with van der Waals surface area (Å²) in [5.74, 6) is 1.86. The Hall–Kier alpha value is -2.53. The van der Waals surface area contributed by atoms with Gasteiger partial charge in [0.05, 0.1) is 14.2 Å². The molecule has 0 radical (unpaired) electrons. The number of ether oxygens (including phenoxy) is 4. The quantitative estimate of drug-likeness (QED) is 0.727. The molecule has 1 aromatic rings. The molecular weight excluding hydrogens is 332 g/mol. The lowest BCUT2D eigenvalue weighted by atomic mass is 9.82. The predicted octanol–water partition coefficient (Wildman–Crippen LogP) is 3.77. The lowest BCUT2D eigenvalue weighted by Crippen LogP contribution is -2.39. The van der Waals surface area contributed by atoms with E-state index in [-0.39, 0.29) is 17.8 Å². The number of hydrogen-bond acceptors (Lipinski definition) is 5. The molecule has 5 heteroatoms. The zero-order valence-corrected chi connectivity index (χ0v) is 15.6. The first kappa shape index (κ1) is 18.3. The number of ketones is 1. The number of carbonyl (C=O) groups is 1. The molecule has 1 saturated heterocycles. The van der Waals surface area contributed by atoms with Crippen LogP contribution in [0, 0.1) is 5.92 Å². The highest BCUT2D eigenvalue weighted by atomic mass is 16.5. The molecule has 0 aromatic heterocycles. The number of allylic oxidation sites excluding steroid dienone is 1. The number of fused-ring (bicyclic) bond motifs is 1. The summed E-state index contributed by atoms with van der Waals surface area (Å²) in [6.07, 6.45) is 5.33. The van der Waals surface area contributed by atoms with Crippen molar-refractivity contribution in [3.63, 3.8) is 0 Å². The summed E-state index contributed by atoms with van der Waals surface area (Å²) in [7, 11) is 4.75. The Bertz CT molecular complexity index is 792. The van der Waals surface area contributed by atoms with E-state index in [9.17, 15) is 4.79 Å². The van der Waals surface area contributed by atoms with Crippen LogP contribution >= 0.6 is 0 Å². The number of carbonyl (C=O) groups excluding carboxylic acids is 1. The molecule has 1 aliphatic carbocycles. The van der Waals surface area contributed by atoms with Crippen LogP contribution < -0.4 is 9.47 Å². The van der Waals surface area contributed by atoms with Gasteiger partial charge in [-0.2, -0.15) is 0 Å². The second-order valence-electron chi connectivity index (χ2n) is 6.50. The van der Waals surface area contributed by atoms with Gasteiger partial charge < -0.3 is 18.9 Å². The van der Waals surface area contributed by atoms with E-state index >= 15 is 0 Å². The van der Waals surface area contributed by atoms with Crippen molar-refractivity contribution < 1.29 is 23.7 Å². The normalized spacial score (nSPS) is 27.2. The van der Waals surface area contributed by atoms with Crippen LogP contribution in [0.3, 0.4) is 0 Å². The molecule has 138 valence electrons. The van der Waals surface area contributed by atoms with Crippen LogP contribution in [-0.2, 0) is 14.3 Å². The van der Waals surface area contributed by atoms with E-state index in [1.54, 1.807) is 33.5 Å². The van der Waals surface area contributed by atoms with Crippen LogP contribution in [0.15, 0.2) is 54.3 Å². The maximum atomic E-state index is 12.6. The minimum Gasteiger partial charge on any atom is -0.493 e. The Kier molecular flexibility index (Phi) is 4.92. The van der Waals surface area contributed by atoms with Crippen molar-refractivity contribution in [1.82, 2.24) is 0 Å². The zero-order valence-electron chi connectivity index (χ0n) is 15.6. The predicted molar refractivity (Wildman–Crippen MR) is 98.3 cm³/mol. The molecular formula is C21H24O5. The van der Waals surface area contributed by atoms with Crippen LogP contribution in [0.2, 0.25) is 0 Å². The Labute approximate surface area is 153 Å². The van der Waals surface area contributed by atoms with Gasteiger partial charge in [-0.3, -0.25) is 4.79 Å². The third-order valence-electron chi connectivity index (χ3n) is 5.10. The van der Waals surface area contributed by atoms with Gasteiger partial charge in [-0.05, 0) is 23.8 Å². The van der Waals surface area contributed by atoms with Gasteiger partial charge in [0.1, 0.15) is 11.9 Å². The van der Waals surface area contributed by atoms with Crippen molar-refractivity contribution in [3.8, 4) is 11.5 Å². The maximum absolute atomic E-state index is 12.6. The molecule has 3 rings (SSSR count). The van der Waals surface area contributed by atoms with Crippen molar-refractivity contribution in [3.05, 3.63) is 59.9 Å². The first-order chi connectivity index (χ1) is 12.5. The highest BCUT2D eigenvalue weighted by Crippen LogP contribution is 2.48. The Morgan fingerprint density at radius 1 is 1.23 bits per heavy atom. The topological polar surface area (TPSA) is 54.0 Å². The molecule has 5 nitrogen and oxygen atoms in total. The van der Waals surface area contributed by atoms with E-state index in [4.69, 9.17) is 18.9 Å². The molecule has 3 atom stereocenters. The van der Waals surface area contributed by atoms with E-state index in [2.05, 4.69) is 13.5 Å². The maximum Gasteiger partial charge on any atom is 0.195 e. The molecule has 26 heavy (non-hydrogen) atoms. The highest BCUT2D eigenvalue weighted by Gasteiger charge is 2.45. The number of methoxy groups -OCH3 is 3. The number of rotatable bonds is 6. The largest absolute Gasteiger partial charge is 0.493 e. The first-order valence-electron chi connectivity index (χ1n) is 8.53. The molecule has 1 heterocycles. The van der Waals surface area contributed by atoms with E-state index in [1.807, 2.05) is 24.3 Å². The molecule has 0 bridgehead atoms. The molecule has 0 spiro atoms. The van der Waals surface area contributed by atoms with E-state index in [1.165, 1.54) is 0 Å². The van der Waals surface area contributed by atoms with Crippen LogP contribution in [-0.4, -0.2) is 32.7 Å². The van der Waals surface area contributed by atoms with Gasteiger partial charge in [0, 0.05) is 31.1 Å². The molecule has 1 fully saturated rings. The van der Waals surface area contributed by atoms with Gasteiger partial charge >= 0.3 is 0 Å². The zero-order chi connectivity index (χ0) is 18.9. The lowest BCUT2D eigenvalue weighted by Gasteiger charge is -2.29. The summed E-state index contributed by atoms with van der Waals surface area (Å²) >= 11 is 0. The van der Waals surface area contributed by atoms with Gasteiger partial charge in [0.25, 0.3) is 0 Å². The van der Waals surface area contributed by atoms with Crippen LogP contribution in [0.4, 0.5) is 0 Å². The molecule has 1 aliphatic heterocycles. The van der Waals surface area contributed by atoms with E-state index in [0.717, 1.165) is 11.1 Å². The fraction of sp³-hybridized carbons (Fsp3) is 0.381. The van der Waals surface area contributed by atoms with Crippen molar-refractivity contribution in [1.29, 1.82) is 0 Å². The first-order valence-corrected chi connectivity index (χ1v) is 8.53. The second kappa shape index (κ2) is 7.00. The summed E-state index contributed by atoms with van der Waals surface area (Å²) < 4.78 is 22.4. The number of benzene rings is 1. The molecule has 1 aromatic carbocycles. The van der Waals surface area contributed by atoms with Gasteiger partial charge in [0.15, 0.2) is 22.9 Å². The monoisotopic (exact) mass is 356 g/mol. The van der Waals surface area contributed by atoms with Gasteiger partial charge in [0.2, 0.25) is 0 Å². The smallest absolute Gasteiger partial charge is 0.195 e. The molecule has 0 unspecified atom stereocenters. The van der Waals surface area contributed by atoms with Crippen molar-refractivity contribution in [2.75, 3.05) is 21.3 Å². The summed E-state index contributed by atoms with van der Waals surface area (Å²) in [4.78, 5) is 12.6. The van der Waals surface area contributed by atoms with Crippen molar-refractivity contribution in [2.24, 2.45) is 5.92 Å². The minimum atomic E-state index is -0.995. The second-order valence-corrected chi connectivity index (χ2v) is 6.50. The van der Waals surface area contributed by atoms with E-state index < -0.39 is 5.60 Å². The summed E-state index contributed by atoms with van der Waals surface area (Å²) in [5, 5.41) is 0. The van der Waals surface area contributed by atoms with Crippen molar-refractivity contribution >= 4 is 5.78 Å². The van der Waals surface area contributed by atoms with Crippen LogP contribution in [0.25, 0.3) is 0 Å². The standard InChI is InChI=1S/C21H24O5/c1-6-9-21(25-5)12-15-13(2)20(26-17(15)11-19(21)22)14-7-8-16(23-3)18(10-14)24-4/h6-8,10-13,20H,1,9H2,2-5H3/t13-,20-,21+/m1/s1. The molecule has 0 amide bonds. The lowest BCUT2D eigenvalue weighted by molar-refractivity contribution is -0.130. The number of hydrogen-bond donors (Lipinski definition) is 0. The molecule has 0 saturated carbocycles. The fourth-order valence-electron chi connectivity index (χ4n) is 3.58. The van der Waals surface area contributed by atoms with Gasteiger partial charge in [-0.1, -0.05) is 19.1 Å². The Morgan fingerprint density at radius 3 is 2.58 bits per heavy atom. The average molecular weight is 356 g/mol. The third kappa shape index (κ3) is 2.82. The summed E-state index contributed by atoms with van der Waals surface area (Å²) in [5.41, 5.74) is 0.948. The van der Waals surface area contributed by atoms with Gasteiger partial charge in [-0.15, -0.1) is 6.58 Å². The Balaban J connectivity index is 1.98. The Morgan fingerprint density at radius 2 is 1.96 bits per heavy atom. The van der Waals surface area contributed by atoms with Crippen LogP contribution in [0.1, 0.15) is 25.0 Å². The summed E-state index contributed by atoms with van der Waals surface area (Å²) in [6.45, 7) is 5.83. The SMILES string of the molecule is C=CC[C@]1(OC)C=C2C(=CC1=O)O[C@@H](c1ccc(OC)c(OC)c1)[C@@H]2C.